The monoisotopic (exact) mass is 473 g/mol. The maximum Gasteiger partial charge on any atom is 0.344 e. The van der Waals surface area contributed by atoms with Crippen LogP contribution >= 0.6 is 11.3 Å². The lowest BCUT2D eigenvalue weighted by atomic mass is 10.1. The topological polar surface area (TPSA) is 191 Å². The molecule has 4 N–H and O–H groups in total. The number of nitrogen functional groups attached to an aromatic ring is 1. The number of fused-ring (bicyclic) bond motifs is 1. The number of nitrogens with one attached hydrogen (secondary N) is 1. The van der Waals surface area contributed by atoms with Crippen LogP contribution in [0.25, 0.3) is 0 Å². The van der Waals surface area contributed by atoms with Gasteiger partial charge in [-0.15, -0.1) is 11.3 Å². The maximum absolute atomic E-state index is 12.8. The Hall–Kier alpha value is -3.07. The Morgan fingerprint density at radius 3 is 2.90 bits per heavy atom. The van der Waals surface area contributed by atoms with Gasteiger partial charge in [-0.25, -0.2) is 9.78 Å². The van der Waals surface area contributed by atoms with Gasteiger partial charge in [0.1, 0.15) is 17.1 Å². The van der Waals surface area contributed by atoms with Crippen LogP contribution in [0.1, 0.15) is 25.0 Å². The maximum atomic E-state index is 12.8. The highest BCUT2D eigenvalue weighted by Crippen LogP contribution is 2.25. The van der Waals surface area contributed by atoms with E-state index in [9.17, 15) is 23.4 Å². The van der Waals surface area contributed by atoms with E-state index >= 15 is 0 Å². The van der Waals surface area contributed by atoms with E-state index in [4.69, 9.17) is 15.6 Å². The van der Waals surface area contributed by atoms with Gasteiger partial charge >= 0.3 is 11.9 Å². The number of nitrogens with zero attached hydrogens (tertiary/aromatic N) is 3. The third kappa shape index (κ3) is 5.35. The minimum absolute atomic E-state index is 0.0232. The summed E-state index contributed by atoms with van der Waals surface area (Å²) in [6.07, 6.45) is 1.18. The second-order valence-corrected chi connectivity index (χ2v) is 9.06. The van der Waals surface area contributed by atoms with Crippen molar-refractivity contribution in [1.82, 2.24) is 15.2 Å². The first-order valence-electron chi connectivity index (χ1n) is 9.05. The van der Waals surface area contributed by atoms with Gasteiger partial charge in [0.25, 0.3) is 11.8 Å². The third-order valence-electron chi connectivity index (χ3n) is 4.36. The van der Waals surface area contributed by atoms with Crippen molar-refractivity contribution in [2.45, 2.75) is 30.7 Å². The van der Waals surface area contributed by atoms with Crippen molar-refractivity contribution in [3.05, 3.63) is 11.1 Å². The molecule has 3 atom stereocenters. The summed E-state index contributed by atoms with van der Waals surface area (Å²) in [7, 11) is -1.50. The number of rotatable bonds is 6. The largest absolute Gasteiger partial charge is 0.479 e. The number of cyclic esters (lactones) is 1. The van der Waals surface area contributed by atoms with Crippen molar-refractivity contribution in [1.29, 1.82) is 0 Å². The SMILES string of the molecule is Nc1nc(/C(=N/OCC(=O)O)C(=O)N[C@@H]2C(=O)N3COC(=O)CCCCS(=O)[C@H]23)cs1. The van der Waals surface area contributed by atoms with Gasteiger partial charge in [-0.2, -0.15) is 0 Å². The number of nitrogens with two attached hydrogens (primary N) is 1. The van der Waals surface area contributed by atoms with Crippen molar-refractivity contribution in [3.8, 4) is 0 Å². The number of thiazole rings is 1. The molecule has 1 aromatic heterocycles. The third-order valence-corrected chi connectivity index (χ3v) is 6.79. The zero-order chi connectivity index (χ0) is 22.5. The number of carbonyl (C=O) groups is 4. The van der Waals surface area contributed by atoms with Crippen LogP contribution in [0.4, 0.5) is 5.13 Å². The fourth-order valence-corrected chi connectivity index (χ4v) is 5.11. The molecule has 0 aliphatic carbocycles. The number of ether oxygens (including phenoxy) is 1. The average Bonchev–Trinajstić information content (AvgIpc) is 3.14. The van der Waals surface area contributed by atoms with Crippen molar-refractivity contribution in [2.24, 2.45) is 5.16 Å². The quantitative estimate of drug-likeness (QED) is 0.192. The Kier molecular flexibility index (Phi) is 7.17. The standard InChI is InChI=1S/C16H19N5O8S2/c17-16-18-8(6-30-16)11(20-29-5-9(22)23)13(25)19-12-14(26)21-7-28-10(24)3-1-2-4-31(27)15(12)21/h6,12,15H,1-5,7H2,(H2,17,18)(H,19,25)(H,22,23)/b20-11-/t12-,15-,31?/m1/s1. The summed E-state index contributed by atoms with van der Waals surface area (Å²) in [6, 6.07) is -1.15. The minimum Gasteiger partial charge on any atom is -0.479 e. The van der Waals surface area contributed by atoms with Crippen LogP contribution < -0.4 is 11.1 Å². The van der Waals surface area contributed by atoms with Gasteiger partial charge in [0.15, 0.2) is 17.6 Å². The van der Waals surface area contributed by atoms with Crippen molar-refractivity contribution < 1.29 is 38.1 Å². The molecule has 0 bridgehead atoms. The fourth-order valence-electron chi connectivity index (χ4n) is 2.90. The number of aliphatic carboxylic acids is 1. The summed E-state index contributed by atoms with van der Waals surface area (Å²) in [6.45, 7) is -1.16. The fraction of sp³-hybridized carbons (Fsp3) is 0.500. The average molecular weight is 473 g/mol. The zero-order valence-corrected chi connectivity index (χ0v) is 17.6. The Balaban J connectivity index is 1.77. The Morgan fingerprint density at radius 1 is 1.45 bits per heavy atom. The van der Waals surface area contributed by atoms with Gasteiger partial charge in [0, 0.05) is 28.4 Å². The van der Waals surface area contributed by atoms with E-state index in [-0.39, 0.29) is 29.7 Å². The number of oxime groups is 1. The molecule has 0 spiro atoms. The number of hydrogen-bond acceptors (Lipinski definition) is 11. The van der Waals surface area contributed by atoms with Gasteiger partial charge in [-0.05, 0) is 12.8 Å². The summed E-state index contributed by atoms with van der Waals surface area (Å²) in [5, 5.41) is 15.3. The number of carbonyl (C=O) groups excluding carboxylic acids is 3. The van der Waals surface area contributed by atoms with Crippen LogP contribution in [-0.2, 0) is 39.6 Å². The summed E-state index contributed by atoms with van der Waals surface area (Å²) in [5.41, 5.74) is 5.21. The van der Waals surface area contributed by atoms with E-state index < -0.39 is 58.3 Å². The predicted octanol–water partition coefficient (Wildman–Crippen LogP) is -1.38. The molecule has 2 aliphatic rings. The van der Waals surface area contributed by atoms with Crippen LogP contribution in [0.3, 0.4) is 0 Å². The lowest BCUT2D eigenvalue weighted by Crippen LogP contribution is -2.73. The van der Waals surface area contributed by atoms with E-state index in [1.807, 2.05) is 0 Å². The minimum atomic E-state index is -1.50. The molecule has 13 nitrogen and oxygen atoms in total. The van der Waals surface area contributed by atoms with Crippen LogP contribution in [0.2, 0.25) is 0 Å². The smallest absolute Gasteiger partial charge is 0.344 e. The molecule has 0 saturated carbocycles. The lowest BCUT2D eigenvalue weighted by molar-refractivity contribution is -0.164. The molecular formula is C16H19N5O8S2. The molecule has 0 radical (unpaired) electrons. The molecule has 31 heavy (non-hydrogen) atoms. The molecule has 2 aliphatic heterocycles. The van der Waals surface area contributed by atoms with Crippen LogP contribution in [0.15, 0.2) is 10.5 Å². The molecule has 2 amide bonds. The molecule has 15 heteroatoms. The first-order valence-corrected chi connectivity index (χ1v) is 11.3. The number of esters is 1. The number of aromatic nitrogens is 1. The first kappa shape index (κ1) is 22.6. The zero-order valence-electron chi connectivity index (χ0n) is 16.0. The molecule has 2 fully saturated rings. The summed E-state index contributed by atoms with van der Waals surface area (Å²) in [5.74, 6) is -2.99. The van der Waals surface area contributed by atoms with Crippen LogP contribution in [-0.4, -0.2) is 79.2 Å². The molecule has 168 valence electrons. The molecule has 1 aromatic rings. The Labute approximate surface area is 182 Å². The number of β-lactam (4-membered cyclic amide) rings is 1. The summed E-state index contributed by atoms with van der Waals surface area (Å²) < 4.78 is 17.7. The highest BCUT2D eigenvalue weighted by molar-refractivity contribution is 7.85. The van der Waals surface area contributed by atoms with E-state index in [2.05, 4.69) is 20.3 Å². The van der Waals surface area contributed by atoms with Crippen molar-refractivity contribution in [2.75, 3.05) is 24.8 Å². The first-order chi connectivity index (χ1) is 14.8. The summed E-state index contributed by atoms with van der Waals surface area (Å²) in [4.78, 5) is 57.3. The molecule has 3 heterocycles. The lowest BCUT2D eigenvalue weighted by Gasteiger charge is -2.45. The number of carboxylic acids is 1. The van der Waals surface area contributed by atoms with Gasteiger partial charge in [0.05, 0.1) is 0 Å². The molecule has 2 saturated heterocycles. The molecule has 3 rings (SSSR count). The second-order valence-electron chi connectivity index (χ2n) is 6.52. The van der Waals surface area contributed by atoms with Gasteiger partial charge in [-0.3, -0.25) is 23.5 Å². The predicted molar refractivity (Wildman–Crippen MR) is 107 cm³/mol. The van der Waals surface area contributed by atoms with E-state index in [0.29, 0.717) is 12.8 Å². The van der Waals surface area contributed by atoms with E-state index in [1.54, 1.807) is 0 Å². The van der Waals surface area contributed by atoms with Gasteiger partial charge < -0.3 is 25.7 Å². The van der Waals surface area contributed by atoms with E-state index in [1.165, 1.54) is 5.38 Å². The second kappa shape index (κ2) is 9.82. The van der Waals surface area contributed by atoms with Gasteiger partial charge in [-0.1, -0.05) is 5.16 Å². The van der Waals surface area contributed by atoms with Crippen LogP contribution in [0, 0.1) is 0 Å². The van der Waals surface area contributed by atoms with Crippen molar-refractivity contribution >= 4 is 56.7 Å². The van der Waals surface area contributed by atoms with Crippen molar-refractivity contribution in [3.63, 3.8) is 0 Å². The number of amides is 2. The normalized spacial score (nSPS) is 24.5. The Morgan fingerprint density at radius 2 is 2.23 bits per heavy atom. The highest BCUT2D eigenvalue weighted by atomic mass is 32.2. The Bertz CT molecular complexity index is 948. The number of hydrogen-bond donors (Lipinski definition) is 3. The number of anilines is 1. The van der Waals surface area contributed by atoms with Crippen LogP contribution in [0.5, 0.6) is 0 Å². The molecular weight excluding hydrogens is 454 g/mol. The highest BCUT2D eigenvalue weighted by Gasteiger charge is 2.52. The molecule has 0 aromatic carbocycles. The van der Waals surface area contributed by atoms with E-state index in [0.717, 1.165) is 16.2 Å². The van der Waals surface area contributed by atoms with Gasteiger partial charge in [0.2, 0.25) is 6.61 Å². The number of carboxylic acid groups (broad SMARTS) is 1. The summed E-state index contributed by atoms with van der Waals surface area (Å²) >= 11 is 1.02. The molecule has 1 unspecified atom stereocenters.